The summed E-state index contributed by atoms with van der Waals surface area (Å²) in [5.41, 5.74) is 0. The van der Waals surface area contributed by atoms with Gasteiger partial charge < -0.3 is 18.9 Å². The average molecular weight is 415 g/mol. The van der Waals surface area contributed by atoms with E-state index in [1.807, 2.05) is 0 Å². The normalized spacial score (nSPS) is 12.0. The molecule has 0 aromatic carbocycles. The van der Waals surface area contributed by atoms with Crippen LogP contribution >= 0.6 is 0 Å². The molecule has 0 saturated carbocycles. The highest BCUT2D eigenvalue weighted by Gasteiger charge is 2.13. The molecule has 0 spiro atoms. The van der Waals surface area contributed by atoms with Gasteiger partial charge in [-0.05, 0) is 19.3 Å². The molecule has 29 heavy (non-hydrogen) atoms. The Labute approximate surface area is 181 Å². The number of allylic oxidation sites excluding steroid dienone is 1. The van der Waals surface area contributed by atoms with Crippen molar-refractivity contribution in [2.45, 2.75) is 124 Å². The highest BCUT2D eigenvalue weighted by Crippen LogP contribution is 2.20. The molecule has 0 atom stereocenters. The third-order valence-electron chi connectivity index (χ3n) is 5.05. The molecule has 4 nitrogen and oxygen atoms in total. The fourth-order valence-electron chi connectivity index (χ4n) is 3.21. The molecule has 0 rings (SSSR count). The maximum Gasteiger partial charge on any atom is 0.321 e. The van der Waals surface area contributed by atoms with Crippen LogP contribution in [0.3, 0.4) is 0 Å². The van der Waals surface area contributed by atoms with Crippen molar-refractivity contribution < 1.29 is 18.9 Å². The summed E-state index contributed by atoms with van der Waals surface area (Å²) >= 11 is 0. The molecule has 174 valence electrons. The molecule has 0 aromatic rings. The van der Waals surface area contributed by atoms with Crippen molar-refractivity contribution in [3.63, 3.8) is 0 Å². The quantitative estimate of drug-likeness (QED) is 0.0961. The van der Waals surface area contributed by atoms with Gasteiger partial charge in [0, 0.05) is 13.5 Å². The second-order valence-corrected chi connectivity index (χ2v) is 7.95. The molecule has 0 N–H and O–H groups in total. The number of methoxy groups -OCH3 is 1. The zero-order valence-corrected chi connectivity index (χ0v) is 20.1. The van der Waals surface area contributed by atoms with Crippen LogP contribution in [0, 0.1) is 0 Å². The Morgan fingerprint density at radius 1 is 0.517 bits per heavy atom. The molecule has 0 saturated heterocycles. The summed E-state index contributed by atoms with van der Waals surface area (Å²) in [6.07, 6.45) is 19.6. The van der Waals surface area contributed by atoms with E-state index in [9.17, 15) is 0 Å². The summed E-state index contributed by atoms with van der Waals surface area (Å²) in [4.78, 5) is 0. The van der Waals surface area contributed by atoms with Crippen LogP contribution in [-0.2, 0) is 18.9 Å². The van der Waals surface area contributed by atoms with Gasteiger partial charge >= 0.3 is 5.95 Å². The van der Waals surface area contributed by atoms with Crippen LogP contribution < -0.4 is 0 Å². The molecule has 0 bridgehead atoms. The fraction of sp³-hybridized carbons (Fsp3) is 0.920. The van der Waals surface area contributed by atoms with Crippen LogP contribution in [0.25, 0.3) is 0 Å². The van der Waals surface area contributed by atoms with Gasteiger partial charge in [-0.2, -0.15) is 0 Å². The van der Waals surface area contributed by atoms with Crippen molar-refractivity contribution in [3.05, 3.63) is 11.7 Å². The van der Waals surface area contributed by atoms with Crippen LogP contribution in [0.15, 0.2) is 11.7 Å². The smallest absolute Gasteiger partial charge is 0.321 e. The van der Waals surface area contributed by atoms with Gasteiger partial charge in [0.1, 0.15) is 0 Å². The Balaban J connectivity index is 4.47. The molecule has 0 fully saturated rings. The molecule has 0 heterocycles. The molecule has 0 amide bonds. The zero-order valence-electron chi connectivity index (χ0n) is 20.1. The number of rotatable bonds is 23. The summed E-state index contributed by atoms with van der Waals surface area (Å²) in [5.74, 6) is 1.41. The Morgan fingerprint density at radius 3 is 1.55 bits per heavy atom. The van der Waals surface area contributed by atoms with E-state index in [1.165, 1.54) is 77.0 Å². The van der Waals surface area contributed by atoms with Gasteiger partial charge in [0.25, 0.3) is 0 Å². The van der Waals surface area contributed by atoms with E-state index in [4.69, 9.17) is 18.9 Å². The van der Waals surface area contributed by atoms with Crippen LogP contribution in [0.5, 0.6) is 0 Å². The van der Waals surface area contributed by atoms with Crippen LogP contribution in [-0.4, -0.2) is 27.1 Å². The van der Waals surface area contributed by atoms with Gasteiger partial charge in [0.15, 0.2) is 12.6 Å². The minimum Gasteiger partial charge on any atom is -0.491 e. The van der Waals surface area contributed by atoms with Crippen molar-refractivity contribution >= 4 is 0 Å². The van der Waals surface area contributed by atoms with Gasteiger partial charge in [-0.3, -0.25) is 0 Å². The molecule has 0 aliphatic rings. The summed E-state index contributed by atoms with van der Waals surface area (Å²) in [6.45, 7) is 8.29. The largest absolute Gasteiger partial charge is 0.491 e. The zero-order chi connectivity index (χ0) is 21.4. The summed E-state index contributed by atoms with van der Waals surface area (Å²) < 4.78 is 22.9. The van der Waals surface area contributed by atoms with Crippen molar-refractivity contribution in [2.75, 3.05) is 27.1 Å². The first-order valence-corrected chi connectivity index (χ1v) is 12.4. The Hall–Kier alpha value is -0.900. The molecule has 0 radical (unpaired) electrons. The van der Waals surface area contributed by atoms with Crippen molar-refractivity contribution in [3.8, 4) is 0 Å². The highest BCUT2D eigenvalue weighted by molar-refractivity contribution is 4.95. The number of unbranched alkanes of at least 4 members (excludes halogenated alkanes) is 12. The predicted molar refractivity (Wildman–Crippen MR) is 123 cm³/mol. The Kier molecular flexibility index (Phi) is 22.7. The first kappa shape index (κ1) is 28.1. The topological polar surface area (TPSA) is 36.9 Å². The Morgan fingerprint density at radius 2 is 1.00 bits per heavy atom. The minimum absolute atomic E-state index is 0.197. The van der Waals surface area contributed by atoms with Crippen molar-refractivity contribution in [2.24, 2.45) is 0 Å². The van der Waals surface area contributed by atoms with Gasteiger partial charge in [-0.25, -0.2) is 0 Å². The molecule has 4 heteroatoms. The van der Waals surface area contributed by atoms with Gasteiger partial charge in [0.05, 0.1) is 13.2 Å². The monoisotopic (exact) mass is 414 g/mol. The lowest BCUT2D eigenvalue weighted by molar-refractivity contribution is -0.0692. The first-order chi connectivity index (χ1) is 14.3. The summed E-state index contributed by atoms with van der Waals surface area (Å²) in [6, 6.07) is 0. The van der Waals surface area contributed by atoms with E-state index in [1.54, 1.807) is 7.11 Å². The second-order valence-electron chi connectivity index (χ2n) is 7.95. The maximum absolute atomic E-state index is 6.11. The van der Waals surface area contributed by atoms with E-state index in [0.29, 0.717) is 12.6 Å². The number of hydrogen-bond acceptors (Lipinski definition) is 4. The van der Waals surface area contributed by atoms with Gasteiger partial charge in [-0.15, -0.1) is 0 Å². The molecular formula is C25H50O4. The maximum atomic E-state index is 6.11. The van der Waals surface area contributed by atoms with E-state index in [2.05, 4.69) is 20.8 Å². The van der Waals surface area contributed by atoms with Crippen LogP contribution in [0.1, 0.15) is 124 Å². The summed E-state index contributed by atoms with van der Waals surface area (Å²) in [7, 11) is 1.64. The average Bonchev–Trinajstić information content (AvgIpc) is 2.74. The summed E-state index contributed by atoms with van der Waals surface area (Å²) in [5, 5.41) is 0. The lowest BCUT2D eigenvalue weighted by Gasteiger charge is -2.17. The minimum atomic E-state index is 0.197. The van der Waals surface area contributed by atoms with Crippen molar-refractivity contribution in [1.29, 1.82) is 0 Å². The predicted octanol–water partition coefficient (Wildman–Crippen LogP) is 8.11. The number of ether oxygens (including phenoxy) is 4. The van der Waals surface area contributed by atoms with E-state index < -0.39 is 0 Å². The molecule has 0 aliphatic carbocycles. The van der Waals surface area contributed by atoms with Gasteiger partial charge in [0.2, 0.25) is 0 Å². The van der Waals surface area contributed by atoms with Crippen LogP contribution in [0.4, 0.5) is 0 Å². The second kappa shape index (κ2) is 23.4. The Bertz CT molecular complexity index is 355. The lowest BCUT2D eigenvalue weighted by atomic mass is 10.1. The lowest BCUT2D eigenvalue weighted by Crippen LogP contribution is -2.09. The number of hydrogen-bond donors (Lipinski definition) is 0. The highest BCUT2D eigenvalue weighted by atomic mass is 16.7. The molecular weight excluding hydrogens is 364 g/mol. The van der Waals surface area contributed by atoms with Crippen molar-refractivity contribution in [1.82, 2.24) is 0 Å². The molecule has 0 unspecified atom stereocenters. The van der Waals surface area contributed by atoms with E-state index in [-0.39, 0.29) is 6.79 Å². The fourth-order valence-corrected chi connectivity index (χ4v) is 3.21. The molecule has 0 aliphatic heterocycles. The third-order valence-corrected chi connectivity index (χ3v) is 5.05. The van der Waals surface area contributed by atoms with Gasteiger partial charge in [-0.1, -0.05) is 97.8 Å². The first-order valence-electron chi connectivity index (χ1n) is 12.4. The standard InChI is InChI=1S/C25H50O4/c1-5-8-11-12-13-14-15-16-17-20-24(27-21-18-9-6-2)25(29-23-26-4)28-22-19-10-7-3/h5-23H2,1-4H3. The van der Waals surface area contributed by atoms with Crippen LogP contribution in [0.2, 0.25) is 0 Å². The molecule has 0 aromatic heterocycles. The van der Waals surface area contributed by atoms with E-state index in [0.717, 1.165) is 38.0 Å². The SMILES string of the molecule is CCCCCCCCCCCC(OCCCCC)=C(OCCCCC)OCOC. The van der Waals surface area contributed by atoms with E-state index >= 15 is 0 Å². The third kappa shape index (κ3) is 18.8.